The van der Waals surface area contributed by atoms with E-state index >= 15 is 0 Å². The zero-order valence-corrected chi connectivity index (χ0v) is 10.9. The smallest absolute Gasteiger partial charge is 0.254 e. The van der Waals surface area contributed by atoms with Crippen molar-refractivity contribution in [3.63, 3.8) is 0 Å². The van der Waals surface area contributed by atoms with Crippen molar-refractivity contribution in [3.05, 3.63) is 64.7 Å². The summed E-state index contributed by atoms with van der Waals surface area (Å²) in [6, 6.07) is 8.11. The molecule has 2 rings (SSSR count). The van der Waals surface area contributed by atoms with E-state index in [1.54, 1.807) is 12.1 Å². The van der Waals surface area contributed by atoms with Gasteiger partial charge in [0.2, 0.25) is 0 Å². The maximum atomic E-state index is 13.4. The SMILES string of the molecule is Cc1c(N)cccc1CNC(=O)c1cc(F)ccc1F. The Kier molecular flexibility index (Phi) is 3.98. The highest BCUT2D eigenvalue weighted by Crippen LogP contribution is 2.15. The molecule has 0 radical (unpaired) electrons. The number of anilines is 1. The lowest BCUT2D eigenvalue weighted by atomic mass is 10.1. The quantitative estimate of drug-likeness (QED) is 0.847. The van der Waals surface area contributed by atoms with Gasteiger partial charge in [-0.25, -0.2) is 8.78 Å². The van der Waals surface area contributed by atoms with E-state index in [-0.39, 0.29) is 12.1 Å². The molecule has 0 aromatic heterocycles. The normalized spacial score (nSPS) is 10.3. The number of benzene rings is 2. The molecule has 0 saturated heterocycles. The molecule has 3 N–H and O–H groups in total. The third-order valence-corrected chi connectivity index (χ3v) is 3.10. The summed E-state index contributed by atoms with van der Waals surface area (Å²) in [6.45, 7) is 2.03. The molecular formula is C15H14F2N2O. The molecule has 0 saturated carbocycles. The van der Waals surface area contributed by atoms with Gasteiger partial charge in [0.1, 0.15) is 11.6 Å². The van der Waals surface area contributed by atoms with Crippen molar-refractivity contribution < 1.29 is 13.6 Å². The Labute approximate surface area is 115 Å². The number of hydrogen-bond donors (Lipinski definition) is 2. The van der Waals surface area contributed by atoms with Crippen LogP contribution in [0.3, 0.4) is 0 Å². The van der Waals surface area contributed by atoms with Crippen molar-refractivity contribution in [1.29, 1.82) is 0 Å². The summed E-state index contributed by atoms with van der Waals surface area (Å²) in [7, 11) is 0. The molecular weight excluding hydrogens is 262 g/mol. The number of hydrogen-bond acceptors (Lipinski definition) is 2. The number of nitrogen functional groups attached to an aromatic ring is 1. The summed E-state index contributed by atoms with van der Waals surface area (Å²) < 4.78 is 26.5. The van der Waals surface area contributed by atoms with Crippen LogP contribution in [-0.4, -0.2) is 5.91 Å². The van der Waals surface area contributed by atoms with Crippen molar-refractivity contribution in [2.75, 3.05) is 5.73 Å². The van der Waals surface area contributed by atoms with Crippen LogP contribution in [0.5, 0.6) is 0 Å². The van der Waals surface area contributed by atoms with Gasteiger partial charge >= 0.3 is 0 Å². The number of nitrogens with one attached hydrogen (secondary N) is 1. The second kappa shape index (κ2) is 5.69. The first kappa shape index (κ1) is 14.0. The van der Waals surface area contributed by atoms with Gasteiger partial charge in [-0.1, -0.05) is 12.1 Å². The first-order chi connectivity index (χ1) is 9.49. The lowest BCUT2D eigenvalue weighted by Gasteiger charge is -2.10. The van der Waals surface area contributed by atoms with Gasteiger partial charge in [-0.15, -0.1) is 0 Å². The second-order valence-corrected chi connectivity index (χ2v) is 4.44. The van der Waals surface area contributed by atoms with Crippen LogP contribution < -0.4 is 11.1 Å². The molecule has 5 heteroatoms. The molecule has 0 spiro atoms. The average molecular weight is 276 g/mol. The van der Waals surface area contributed by atoms with Crippen LogP contribution in [0.25, 0.3) is 0 Å². The molecule has 1 amide bonds. The lowest BCUT2D eigenvalue weighted by molar-refractivity contribution is 0.0946. The Morgan fingerprint density at radius 2 is 2.00 bits per heavy atom. The van der Waals surface area contributed by atoms with Gasteiger partial charge in [0.15, 0.2) is 0 Å². The van der Waals surface area contributed by atoms with E-state index in [2.05, 4.69) is 5.32 Å². The third kappa shape index (κ3) is 2.93. The van der Waals surface area contributed by atoms with Gasteiger partial charge in [-0.2, -0.15) is 0 Å². The minimum Gasteiger partial charge on any atom is -0.399 e. The number of amides is 1. The van der Waals surface area contributed by atoms with Gasteiger partial charge in [-0.3, -0.25) is 4.79 Å². The monoisotopic (exact) mass is 276 g/mol. The zero-order chi connectivity index (χ0) is 14.7. The summed E-state index contributed by atoms with van der Waals surface area (Å²) in [5, 5.41) is 2.55. The molecule has 0 fully saturated rings. The van der Waals surface area contributed by atoms with Gasteiger partial charge in [0.05, 0.1) is 5.56 Å². The van der Waals surface area contributed by atoms with Crippen molar-refractivity contribution in [3.8, 4) is 0 Å². The largest absolute Gasteiger partial charge is 0.399 e. The van der Waals surface area contributed by atoms with Crippen molar-refractivity contribution >= 4 is 11.6 Å². The Morgan fingerprint density at radius 3 is 2.75 bits per heavy atom. The van der Waals surface area contributed by atoms with E-state index in [1.165, 1.54) is 0 Å². The lowest BCUT2D eigenvalue weighted by Crippen LogP contribution is -2.24. The Morgan fingerprint density at radius 1 is 1.25 bits per heavy atom. The zero-order valence-electron chi connectivity index (χ0n) is 10.9. The fourth-order valence-electron chi connectivity index (χ4n) is 1.84. The fourth-order valence-corrected chi connectivity index (χ4v) is 1.84. The van der Waals surface area contributed by atoms with Crippen LogP contribution >= 0.6 is 0 Å². The molecule has 0 aliphatic carbocycles. The van der Waals surface area contributed by atoms with Gasteiger partial charge in [0.25, 0.3) is 5.91 Å². The summed E-state index contributed by atoms with van der Waals surface area (Å²) in [5.41, 5.74) is 7.75. The van der Waals surface area contributed by atoms with Gasteiger partial charge < -0.3 is 11.1 Å². The minimum atomic E-state index is -0.756. The van der Waals surface area contributed by atoms with E-state index < -0.39 is 17.5 Å². The van der Waals surface area contributed by atoms with E-state index in [9.17, 15) is 13.6 Å². The number of rotatable bonds is 3. The van der Waals surface area contributed by atoms with Crippen molar-refractivity contribution in [2.24, 2.45) is 0 Å². The Bertz CT molecular complexity index is 656. The third-order valence-electron chi connectivity index (χ3n) is 3.10. The first-order valence-corrected chi connectivity index (χ1v) is 6.06. The minimum absolute atomic E-state index is 0.200. The molecule has 0 aliphatic rings. The molecule has 3 nitrogen and oxygen atoms in total. The maximum absolute atomic E-state index is 13.4. The molecule has 2 aromatic rings. The highest BCUT2D eigenvalue weighted by atomic mass is 19.1. The van der Waals surface area contributed by atoms with Gasteiger partial charge in [-0.05, 0) is 42.3 Å². The van der Waals surface area contributed by atoms with E-state index in [0.29, 0.717) is 5.69 Å². The molecule has 0 bridgehead atoms. The first-order valence-electron chi connectivity index (χ1n) is 6.06. The molecule has 0 atom stereocenters. The Balaban J connectivity index is 2.13. The molecule has 0 unspecified atom stereocenters. The molecule has 0 aliphatic heterocycles. The number of carbonyl (C=O) groups is 1. The highest BCUT2D eigenvalue weighted by molar-refractivity contribution is 5.94. The van der Waals surface area contributed by atoms with Crippen molar-refractivity contribution in [2.45, 2.75) is 13.5 Å². The van der Waals surface area contributed by atoms with Crippen LogP contribution in [0.15, 0.2) is 36.4 Å². The molecule has 0 heterocycles. The molecule has 20 heavy (non-hydrogen) atoms. The Hall–Kier alpha value is -2.43. The van der Waals surface area contributed by atoms with E-state index in [0.717, 1.165) is 29.3 Å². The van der Waals surface area contributed by atoms with Crippen LogP contribution in [-0.2, 0) is 6.54 Å². The highest BCUT2D eigenvalue weighted by Gasteiger charge is 2.13. The summed E-state index contributed by atoms with van der Waals surface area (Å²) in [5.74, 6) is -2.08. The fraction of sp³-hybridized carbons (Fsp3) is 0.133. The van der Waals surface area contributed by atoms with Crippen LogP contribution in [0, 0.1) is 18.6 Å². The summed E-state index contributed by atoms with van der Waals surface area (Å²) in [6.07, 6.45) is 0. The maximum Gasteiger partial charge on any atom is 0.254 e. The van der Waals surface area contributed by atoms with Crippen LogP contribution in [0.4, 0.5) is 14.5 Å². The van der Waals surface area contributed by atoms with E-state index in [4.69, 9.17) is 5.73 Å². The topological polar surface area (TPSA) is 55.1 Å². The number of carbonyl (C=O) groups excluding carboxylic acids is 1. The predicted molar refractivity (Wildman–Crippen MR) is 73.1 cm³/mol. The average Bonchev–Trinajstić information content (AvgIpc) is 2.43. The number of nitrogens with two attached hydrogens (primary N) is 1. The van der Waals surface area contributed by atoms with Crippen LogP contribution in [0.1, 0.15) is 21.5 Å². The molecule has 104 valence electrons. The molecule has 2 aromatic carbocycles. The van der Waals surface area contributed by atoms with Gasteiger partial charge in [0, 0.05) is 12.2 Å². The van der Waals surface area contributed by atoms with Crippen molar-refractivity contribution in [1.82, 2.24) is 5.32 Å². The number of halogens is 2. The van der Waals surface area contributed by atoms with Crippen LogP contribution in [0.2, 0.25) is 0 Å². The standard InChI is InChI=1S/C15H14F2N2O/c1-9-10(3-2-4-14(9)18)8-19-15(20)12-7-11(16)5-6-13(12)17/h2-7H,8,18H2,1H3,(H,19,20). The predicted octanol–water partition coefficient (Wildman–Crippen LogP) is 2.79. The van der Waals surface area contributed by atoms with E-state index in [1.807, 2.05) is 13.0 Å². The summed E-state index contributed by atoms with van der Waals surface area (Å²) >= 11 is 0. The second-order valence-electron chi connectivity index (χ2n) is 4.44. The summed E-state index contributed by atoms with van der Waals surface area (Å²) in [4.78, 5) is 11.8.